The molecule has 1 amide bonds. The summed E-state index contributed by atoms with van der Waals surface area (Å²) in [6.07, 6.45) is -0.556. The minimum atomic E-state index is -4.38. The Balaban J connectivity index is 2.25. The molecule has 0 aliphatic carbocycles. The highest BCUT2D eigenvalue weighted by molar-refractivity contribution is 9.10. The molecule has 0 saturated carbocycles. The summed E-state index contributed by atoms with van der Waals surface area (Å²) >= 11 is 3.15. The molecule has 0 bridgehead atoms. The first-order chi connectivity index (χ1) is 8.89. The number of pyridine rings is 1. The highest BCUT2D eigenvalue weighted by Crippen LogP contribution is 2.32. The van der Waals surface area contributed by atoms with Crippen LogP contribution < -0.4 is 0 Å². The molecule has 2 rings (SSSR count). The van der Waals surface area contributed by atoms with Gasteiger partial charge in [-0.25, -0.2) is 0 Å². The molecule has 1 aliphatic rings. The molecular formula is C12H12BrF3N2O. The minimum Gasteiger partial charge on any atom is -0.326 e. The first-order valence-corrected chi connectivity index (χ1v) is 6.67. The summed E-state index contributed by atoms with van der Waals surface area (Å²) in [6, 6.07) is -0.204. The molecule has 7 heteroatoms. The van der Waals surface area contributed by atoms with Gasteiger partial charge in [0.05, 0.1) is 5.56 Å². The van der Waals surface area contributed by atoms with Gasteiger partial charge in [-0.15, -0.1) is 0 Å². The quantitative estimate of drug-likeness (QED) is 0.787. The minimum absolute atomic E-state index is 0.0311. The van der Waals surface area contributed by atoms with Crippen LogP contribution >= 0.6 is 15.9 Å². The Labute approximate surface area is 116 Å². The van der Waals surface area contributed by atoms with Crippen molar-refractivity contribution < 1.29 is 18.0 Å². The number of piperidine rings is 1. The molecule has 2 heterocycles. The number of hydrogen-bond acceptors (Lipinski definition) is 2. The fourth-order valence-corrected chi connectivity index (χ4v) is 2.57. The number of hydrogen-bond donors (Lipinski definition) is 0. The number of amides is 1. The van der Waals surface area contributed by atoms with Gasteiger partial charge in [-0.3, -0.25) is 9.78 Å². The molecule has 104 valence electrons. The van der Waals surface area contributed by atoms with Crippen LogP contribution in [0.25, 0.3) is 0 Å². The molecule has 1 aromatic heterocycles. The zero-order chi connectivity index (χ0) is 14.0. The Hall–Kier alpha value is -1.11. The Morgan fingerprint density at radius 2 is 2.11 bits per heavy atom. The Kier molecular flexibility index (Phi) is 4.13. The predicted molar refractivity (Wildman–Crippen MR) is 66.7 cm³/mol. The molecule has 1 aromatic rings. The van der Waals surface area contributed by atoms with Gasteiger partial charge in [0, 0.05) is 23.4 Å². The van der Waals surface area contributed by atoms with Crippen LogP contribution in [0.1, 0.15) is 29.6 Å². The molecule has 0 spiro atoms. The van der Waals surface area contributed by atoms with Gasteiger partial charge in [0.15, 0.2) is 0 Å². The normalized spacial score (nSPS) is 20.4. The van der Waals surface area contributed by atoms with Gasteiger partial charge < -0.3 is 4.90 Å². The van der Waals surface area contributed by atoms with E-state index in [1.54, 1.807) is 0 Å². The van der Waals surface area contributed by atoms with Crippen molar-refractivity contribution in [3.8, 4) is 0 Å². The van der Waals surface area contributed by atoms with Crippen LogP contribution in [0.5, 0.6) is 0 Å². The van der Waals surface area contributed by atoms with Crippen LogP contribution in [0.15, 0.2) is 22.9 Å². The SMILES string of the molecule is O=C(c1cncc(Br)c1)N1CCCCC1C(F)(F)F. The van der Waals surface area contributed by atoms with Crippen LogP contribution in [-0.2, 0) is 0 Å². The molecule has 19 heavy (non-hydrogen) atoms. The van der Waals surface area contributed by atoms with Gasteiger partial charge >= 0.3 is 6.18 Å². The summed E-state index contributed by atoms with van der Waals surface area (Å²) in [4.78, 5) is 16.9. The second kappa shape index (κ2) is 5.48. The van der Waals surface area contributed by atoms with E-state index in [1.807, 2.05) is 0 Å². The van der Waals surface area contributed by atoms with Gasteiger partial charge in [-0.05, 0) is 41.3 Å². The molecule has 1 atom stereocenters. The van der Waals surface area contributed by atoms with E-state index in [2.05, 4.69) is 20.9 Å². The summed E-state index contributed by atoms with van der Waals surface area (Å²) in [5, 5.41) is 0. The number of alkyl halides is 3. The van der Waals surface area contributed by atoms with Crippen molar-refractivity contribution in [1.29, 1.82) is 0 Å². The Morgan fingerprint density at radius 1 is 1.37 bits per heavy atom. The maximum Gasteiger partial charge on any atom is 0.408 e. The van der Waals surface area contributed by atoms with Crippen LogP contribution in [0, 0.1) is 0 Å². The van der Waals surface area contributed by atoms with Crippen molar-refractivity contribution in [3.63, 3.8) is 0 Å². The smallest absolute Gasteiger partial charge is 0.326 e. The highest BCUT2D eigenvalue weighted by Gasteiger charge is 2.46. The summed E-state index contributed by atoms with van der Waals surface area (Å²) in [7, 11) is 0. The van der Waals surface area contributed by atoms with Crippen molar-refractivity contribution in [2.24, 2.45) is 0 Å². The van der Waals surface area contributed by atoms with Gasteiger partial charge in [-0.1, -0.05) is 0 Å². The Morgan fingerprint density at radius 3 is 2.74 bits per heavy atom. The van der Waals surface area contributed by atoms with Crippen molar-refractivity contribution in [3.05, 3.63) is 28.5 Å². The van der Waals surface area contributed by atoms with Crippen LogP contribution in [0.3, 0.4) is 0 Å². The first-order valence-electron chi connectivity index (χ1n) is 5.88. The lowest BCUT2D eigenvalue weighted by molar-refractivity contribution is -0.183. The van der Waals surface area contributed by atoms with E-state index in [4.69, 9.17) is 0 Å². The zero-order valence-corrected chi connectivity index (χ0v) is 11.5. The zero-order valence-electron chi connectivity index (χ0n) is 9.95. The summed E-state index contributed by atoms with van der Waals surface area (Å²) in [6.45, 7) is 0.134. The number of halogens is 4. The standard InChI is InChI=1S/C12H12BrF3N2O/c13-9-5-8(6-17-7-9)11(19)18-4-2-1-3-10(18)12(14,15)16/h5-7,10H,1-4H2. The lowest BCUT2D eigenvalue weighted by Crippen LogP contribution is -2.51. The highest BCUT2D eigenvalue weighted by atomic mass is 79.9. The molecule has 1 aliphatic heterocycles. The van der Waals surface area contributed by atoms with E-state index in [0.717, 1.165) is 4.90 Å². The topological polar surface area (TPSA) is 33.2 Å². The number of nitrogens with zero attached hydrogens (tertiary/aromatic N) is 2. The van der Waals surface area contributed by atoms with Crippen molar-refractivity contribution in [1.82, 2.24) is 9.88 Å². The van der Waals surface area contributed by atoms with Gasteiger partial charge in [0.2, 0.25) is 0 Å². The third-order valence-corrected chi connectivity index (χ3v) is 3.53. The maximum absolute atomic E-state index is 12.9. The third kappa shape index (κ3) is 3.26. The summed E-state index contributed by atoms with van der Waals surface area (Å²) < 4.78 is 39.4. The number of likely N-dealkylation sites (tertiary alicyclic amines) is 1. The monoisotopic (exact) mass is 336 g/mol. The van der Waals surface area contributed by atoms with E-state index in [0.29, 0.717) is 17.3 Å². The number of carbonyl (C=O) groups is 1. The van der Waals surface area contributed by atoms with Crippen molar-refractivity contribution in [2.45, 2.75) is 31.5 Å². The van der Waals surface area contributed by atoms with E-state index in [-0.39, 0.29) is 18.5 Å². The molecule has 3 nitrogen and oxygen atoms in total. The number of aromatic nitrogens is 1. The fourth-order valence-electron chi connectivity index (χ4n) is 2.21. The largest absolute Gasteiger partial charge is 0.408 e. The van der Waals surface area contributed by atoms with E-state index in [1.165, 1.54) is 18.5 Å². The molecule has 0 aromatic carbocycles. The molecule has 1 fully saturated rings. The number of carbonyl (C=O) groups excluding carboxylic acids is 1. The van der Waals surface area contributed by atoms with E-state index in [9.17, 15) is 18.0 Å². The Bertz CT molecular complexity index is 478. The van der Waals surface area contributed by atoms with Gasteiger partial charge in [-0.2, -0.15) is 13.2 Å². The van der Waals surface area contributed by atoms with Crippen molar-refractivity contribution in [2.75, 3.05) is 6.54 Å². The molecule has 1 unspecified atom stereocenters. The maximum atomic E-state index is 12.9. The summed E-state index contributed by atoms with van der Waals surface area (Å²) in [5.74, 6) is -0.615. The lowest BCUT2D eigenvalue weighted by atomic mass is 10.0. The van der Waals surface area contributed by atoms with Gasteiger partial charge in [0.25, 0.3) is 5.91 Å². The lowest BCUT2D eigenvalue weighted by Gasteiger charge is -2.36. The third-order valence-electron chi connectivity index (χ3n) is 3.09. The number of rotatable bonds is 1. The first kappa shape index (κ1) is 14.3. The van der Waals surface area contributed by atoms with Crippen LogP contribution in [0.4, 0.5) is 13.2 Å². The van der Waals surface area contributed by atoms with Crippen molar-refractivity contribution >= 4 is 21.8 Å². The fraction of sp³-hybridized carbons (Fsp3) is 0.500. The molecule has 1 saturated heterocycles. The average Bonchev–Trinajstić information content (AvgIpc) is 2.37. The van der Waals surface area contributed by atoms with E-state index >= 15 is 0 Å². The molecule has 0 N–H and O–H groups in total. The van der Waals surface area contributed by atoms with Crippen LogP contribution in [-0.4, -0.2) is 34.6 Å². The summed E-state index contributed by atoms with van der Waals surface area (Å²) in [5.41, 5.74) is 0.172. The average molecular weight is 337 g/mol. The van der Waals surface area contributed by atoms with E-state index < -0.39 is 18.1 Å². The molecule has 0 radical (unpaired) electrons. The second-order valence-corrected chi connectivity index (χ2v) is 5.36. The van der Waals surface area contributed by atoms with Gasteiger partial charge in [0.1, 0.15) is 6.04 Å². The molecular weight excluding hydrogens is 325 g/mol. The second-order valence-electron chi connectivity index (χ2n) is 4.44. The van der Waals surface area contributed by atoms with Crippen LogP contribution in [0.2, 0.25) is 0 Å². The predicted octanol–water partition coefficient (Wildman–Crippen LogP) is 3.40.